The molecule has 0 spiro atoms. The van der Waals surface area contributed by atoms with Crippen LogP contribution in [0.25, 0.3) is 0 Å². The van der Waals surface area contributed by atoms with Gasteiger partial charge in [-0.2, -0.15) is 0 Å². The van der Waals surface area contributed by atoms with Crippen LogP contribution in [0.15, 0.2) is 48.5 Å². The van der Waals surface area contributed by atoms with Crippen molar-refractivity contribution in [3.63, 3.8) is 0 Å². The van der Waals surface area contributed by atoms with Gasteiger partial charge in [-0.1, -0.05) is 17.7 Å². The Morgan fingerprint density at radius 1 is 1.12 bits per heavy atom. The normalized spacial score (nSPS) is 17.2. The summed E-state index contributed by atoms with van der Waals surface area (Å²) < 4.78 is 13.0. The second-order valence-electron chi connectivity index (χ2n) is 6.04. The van der Waals surface area contributed by atoms with E-state index < -0.39 is 5.92 Å². The Labute approximate surface area is 140 Å². The second kappa shape index (κ2) is 6.43. The predicted molar refractivity (Wildman–Crippen MR) is 91.4 cm³/mol. The van der Waals surface area contributed by atoms with Gasteiger partial charge in [-0.15, -0.1) is 0 Å². The Balaban J connectivity index is 1.75. The number of carbonyl (C=O) groups is 2. The third kappa shape index (κ3) is 3.02. The number of carbonyl (C=O) groups excluding carboxylic acids is 2. The number of aryl methyl sites for hydroxylation is 1. The van der Waals surface area contributed by atoms with Crippen molar-refractivity contribution in [2.45, 2.75) is 13.3 Å². The lowest BCUT2D eigenvalue weighted by Gasteiger charge is -2.21. The molecule has 0 aliphatic carbocycles. The van der Waals surface area contributed by atoms with Crippen LogP contribution in [0.1, 0.15) is 12.0 Å². The molecule has 0 bridgehead atoms. The van der Waals surface area contributed by atoms with Gasteiger partial charge in [0, 0.05) is 25.0 Å². The fourth-order valence-electron chi connectivity index (χ4n) is 2.92. The van der Waals surface area contributed by atoms with Gasteiger partial charge in [-0.05, 0) is 49.7 Å². The van der Waals surface area contributed by atoms with Crippen LogP contribution in [-0.4, -0.2) is 25.4 Å². The van der Waals surface area contributed by atoms with E-state index >= 15 is 0 Å². The summed E-state index contributed by atoms with van der Waals surface area (Å²) >= 11 is 0. The summed E-state index contributed by atoms with van der Waals surface area (Å²) in [4.78, 5) is 28.4. The van der Waals surface area contributed by atoms with Crippen molar-refractivity contribution >= 4 is 23.2 Å². The Morgan fingerprint density at radius 3 is 2.38 bits per heavy atom. The Kier molecular flexibility index (Phi) is 4.34. The van der Waals surface area contributed by atoms with E-state index in [1.54, 1.807) is 24.1 Å². The summed E-state index contributed by atoms with van der Waals surface area (Å²) in [5.74, 6) is -1.49. The van der Waals surface area contributed by atoms with Crippen LogP contribution < -0.4 is 9.80 Å². The van der Waals surface area contributed by atoms with Gasteiger partial charge in [0.15, 0.2) is 0 Å². The molecule has 2 amide bonds. The minimum atomic E-state index is -0.693. The van der Waals surface area contributed by atoms with Gasteiger partial charge >= 0.3 is 0 Å². The lowest BCUT2D eigenvalue weighted by Crippen LogP contribution is -2.38. The number of halogens is 1. The molecule has 1 aliphatic rings. The van der Waals surface area contributed by atoms with Crippen LogP contribution in [0.2, 0.25) is 0 Å². The monoisotopic (exact) mass is 326 g/mol. The number of anilines is 2. The maximum atomic E-state index is 13.0. The number of rotatable bonds is 3. The molecule has 0 saturated carbocycles. The summed E-state index contributed by atoms with van der Waals surface area (Å²) in [7, 11) is 1.68. The van der Waals surface area contributed by atoms with E-state index in [9.17, 15) is 14.0 Å². The first-order valence-corrected chi connectivity index (χ1v) is 7.88. The first-order valence-electron chi connectivity index (χ1n) is 7.88. The highest BCUT2D eigenvalue weighted by atomic mass is 19.1. The zero-order chi connectivity index (χ0) is 17.3. The van der Waals surface area contributed by atoms with Crippen LogP contribution in [0.4, 0.5) is 15.8 Å². The smallest absolute Gasteiger partial charge is 0.239 e. The molecule has 4 nitrogen and oxygen atoms in total. The molecule has 24 heavy (non-hydrogen) atoms. The average molecular weight is 326 g/mol. The van der Waals surface area contributed by atoms with Crippen molar-refractivity contribution in [2.24, 2.45) is 5.92 Å². The summed E-state index contributed by atoms with van der Waals surface area (Å²) in [6.45, 7) is 2.44. The molecule has 2 aromatic carbocycles. The molecule has 0 radical (unpaired) electrons. The highest BCUT2D eigenvalue weighted by molar-refractivity contribution is 6.13. The van der Waals surface area contributed by atoms with Crippen molar-refractivity contribution in [1.29, 1.82) is 0 Å². The SMILES string of the molecule is Cc1ccc(N(C)C(=O)C2CCN(c3ccc(F)cc3)C2=O)cc1. The van der Waals surface area contributed by atoms with Crippen LogP contribution in [0, 0.1) is 18.7 Å². The van der Waals surface area contributed by atoms with E-state index in [1.165, 1.54) is 17.0 Å². The molecule has 0 aromatic heterocycles. The highest BCUT2D eigenvalue weighted by Gasteiger charge is 2.39. The summed E-state index contributed by atoms with van der Waals surface area (Å²) in [5, 5.41) is 0. The van der Waals surface area contributed by atoms with E-state index in [4.69, 9.17) is 0 Å². The number of benzene rings is 2. The second-order valence-corrected chi connectivity index (χ2v) is 6.04. The molecule has 1 heterocycles. The Morgan fingerprint density at radius 2 is 1.75 bits per heavy atom. The zero-order valence-corrected chi connectivity index (χ0v) is 13.7. The van der Waals surface area contributed by atoms with Gasteiger partial charge in [-0.25, -0.2) is 4.39 Å². The van der Waals surface area contributed by atoms with Crippen LogP contribution in [-0.2, 0) is 9.59 Å². The largest absolute Gasteiger partial charge is 0.315 e. The van der Waals surface area contributed by atoms with Gasteiger partial charge in [0.25, 0.3) is 0 Å². The van der Waals surface area contributed by atoms with Gasteiger partial charge in [0.1, 0.15) is 11.7 Å². The van der Waals surface area contributed by atoms with Crippen molar-refractivity contribution in [1.82, 2.24) is 0 Å². The van der Waals surface area contributed by atoms with Crippen LogP contribution in [0.3, 0.4) is 0 Å². The van der Waals surface area contributed by atoms with E-state index in [0.29, 0.717) is 18.7 Å². The van der Waals surface area contributed by atoms with Gasteiger partial charge in [0.05, 0.1) is 0 Å². The first kappa shape index (κ1) is 16.2. The van der Waals surface area contributed by atoms with E-state index in [0.717, 1.165) is 11.3 Å². The maximum absolute atomic E-state index is 13.0. The standard InChI is InChI=1S/C19H19FN2O2/c1-13-3-7-15(8-4-13)21(2)18(23)17-11-12-22(19(17)24)16-9-5-14(20)6-10-16/h3-10,17H,11-12H2,1-2H3. The van der Waals surface area contributed by atoms with Crippen molar-refractivity contribution in [2.75, 3.05) is 23.4 Å². The molecular formula is C19H19FN2O2. The predicted octanol–water partition coefficient (Wildman–Crippen LogP) is 3.15. The summed E-state index contributed by atoms with van der Waals surface area (Å²) in [6.07, 6.45) is 0.464. The van der Waals surface area contributed by atoms with Crippen molar-refractivity contribution < 1.29 is 14.0 Å². The summed E-state index contributed by atoms with van der Waals surface area (Å²) in [6, 6.07) is 13.3. The molecule has 1 unspecified atom stereocenters. The molecule has 1 aliphatic heterocycles. The molecule has 1 atom stereocenters. The molecule has 5 heteroatoms. The van der Waals surface area contributed by atoms with Crippen LogP contribution >= 0.6 is 0 Å². The van der Waals surface area contributed by atoms with Gasteiger partial charge < -0.3 is 9.80 Å². The number of nitrogens with zero attached hydrogens (tertiary/aromatic N) is 2. The molecule has 124 valence electrons. The molecular weight excluding hydrogens is 307 g/mol. The van der Waals surface area contributed by atoms with E-state index in [2.05, 4.69) is 0 Å². The topological polar surface area (TPSA) is 40.6 Å². The Bertz CT molecular complexity index is 756. The fraction of sp³-hybridized carbons (Fsp3) is 0.263. The van der Waals surface area contributed by atoms with E-state index in [1.807, 2.05) is 31.2 Å². The quantitative estimate of drug-likeness (QED) is 0.813. The van der Waals surface area contributed by atoms with Crippen molar-refractivity contribution in [3.8, 4) is 0 Å². The van der Waals surface area contributed by atoms with Crippen LogP contribution in [0.5, 0.6) is 0 Å². The highest BCUT2D eigenvalue weighted by Crippen LogP contribution is 2.28. The number of amides is 2. The first-order chi connectivity index (χ1) is 11.5. The Hall–Kier alpha value is -2.69. The fourth-order valence-corrected chi connectivity index (χ4v) is 2.92. The minimum absolute atomic E-state index is 0.214. The van der Waals surface area contributed by atoms with Gasteiger partial charge in [0.2, 0.25) is 11.8 Å². The van der Waals surface area contributed by atoms with Gasteiger partial charge in [-0.3, -0.25) is 9.59 Å². The summed E-state index contributed by atoms with van der Waals surface area (Å²) in [5.41, 5.74) is 2.49. The lowest BCUT2D eigenvalue weighted by molar-refractivity contribution is -0.130. The maximum Gasteiger partial charge on any atom is 0.239 e. The zero-order valence-electron chi connectivity index (χ0n) is 13.7. The molecule has 3 rings (SSSR count). The van der Waals surface area contributed by atoms with E-state index in [-0.39, 0.29) is 17.6 Å². The van der Waals surface area contributed by atoms with Crippen molar-refractivity contribution in [3.05, 3.63) is 59.9 Å². The molecule has 0 N–H and O–H groups in total. The lowest BCUT2D eigenvalue weighted by atomic mass is 10.1. The molecule has 2 aromatic rings. The number of hydrogen-bond donors (Lipinski definition) is 0. The minimum Gasteiger partial charge on any atom is -0.315 e. The molecule has 1 fully saturated rings. The third-order valence-electron chi connectivity index (χ3n) is 4.39. The number of hydrogen-bond acceptors (Lipinski definition) is 2. The third-order valence-corrected chi connectivity index (χ3v) is 4.39. The average Bonchev–Trinajstić information content (AvgIpc) is 2.96. The molecule has 1 saturated heterocycles.